The summed E-state index contributed by atoms with van der Waals surface area (Å²) in [4.78, 5) is 11.7. The van der Waals surface area contributed by atoms with Gasteiger partial charge in [-0.3, -0.25) is 4.79 Å². The van der Waals surface area contributed by atoms with Crippen molar-refractivity contribution in [1.29, 1.82) is 0 Å². The maximum atomic E-state index is 12.6. The van der Waals surface area contributed by atoms with Crippen molar-refractivity contribution in [3.8, 4) is 0 Å². The second-order valence-corrected chi connectivity index (χ2v) is 3.67. The van der Waals surface area contributed by atoms with E-state index in [1.807, 2.05) is 0 Å². The number of carbonyl (C=O) groups is 1. The molecule has 1 aromatic carbocycles. The fourth-order valence-corrected chi connectivity index (χ4v) is 1.41. The zero-order valence-electron chi connectivity index (χ0n) is 9.36. The average molecular weight is 271 g/mol. The number of rotatable bonds is 2. The van der Waals surface area contributed by atoms with Gasteiger partial charge in [0.25, 0.3) is 5.91 Å². The third-order valence-corrected chi connectivity index (χ3v) is 2.31. The van der Waals surface area contributed by atoms with Crippen LogP contribution in [0.25, 0.3) is 0 Å². The van der Waals surface area contributed by atoms with Gasteiger partial charge in [-0.15, -0.1) is 0 Å². The van der Waals surface area contributed by atoms with Crippen LogP contribution in [0.15, 0.2) is 35.2 Å². The minimum Gasteiger partial charge on any atom is -0.398 e. The fraction of sp³-hybridized carbons (Fsp3) is 0.0909. The summed E-state index contributed by atoms with van der Waals surface area (Å²) in [7, 11) is 0. The van der Waals surface area contributed by atoms with Crippen molar-refractivity contribution in [2.45, 2.75) is 6.18 Å². The lowest BCUT2D eigenvalue weighted by atomic mass is 10.1. The summed E-state index contributed by atoms with van der Waals surface area (Å²) in [5.74, 6) is -0.714. The highest BCUT2D eigenvalue weighted by Crippen LogP contribution is 2.34. The number of nitrogens with two attached hydrogens (primary N) is 1. The van der Waals surface area contributed by atoms with Crippen LogP contribution in [0.3, 0.4) is 0 Å². The van der Waals surface area contributed by atoms with Gasteiger partial charge in [-0.2, -0.15) is 13.2 Å². The zero-order valence-corrected chi connectivity index (χ0v) is 9.36. The number of nitrogen functional groups attached to an aromatic ring is 1. The first-order valence-electron chi connectivity index (χ1n) is 5.05. The maximum Gasteiger partial charge on any atom is 0.418 e. The van der Waals surface area contributed by atoms with Crippen molar-refractivity contribution in [1.82, 2.24) is 5.16 Å². The molecule has 0 atom stereocenters. The molecule has 0 saturated carbocycles. The molecule has 3 N–H and O–H groups in total. The smallest absolute Gasteiger partial charge is 0.398 e. The van der Waals surface area contributed by atoms with Gasteiger partial charge >= 0.3 is 6.18 Å². The van der Waals surface area contributed by atoms with Crippen molar-refractivity contribution >= 4 is 17.3 Å². The number of hydrogen-bond donors (Lipinski definition) is 2. The number of anilines is 2. The molecule has 0 fully saturated rings. The van der Waals surface area contributed by atoms with Crippen molar-refractivity contribution in [3.63, 3.8) is 0 Å². The lowest BCUT2D eigenvalue weighted by Crippen LogP contribution is -2.15. The number of aromatic nitrogens is 1. The van der Waals surface area contributed by atoms with Crippen LogP contribution in [0.5, 0.6) is 0 Å². The van der Waals surface area contributed by atoms with Gasteiger partial charge in [0.2, 0.25) is 0 Å². The number of nitrogens with one attached hydrogen (secondary N) is 1. The molecule has 0 radical (unpaired) electrons. The van der Waals surface area contributed by atoms with Gasteiger partial charge in [0, 0.05) is 11.3 Å². The van der Waals surface area contributed by atoms with Crippen molar-refractivity contribution < 1.29 is 22.5 Å². The van der Waals surface area contributed by atoms with Gasteiger partial charge in [-0.25, -0.2) is 0 Å². The van der Waals surface area contributed by atoms with Crippen LogP contribution in [-0.4, -0.2) is 11.1 Å². The average Bonchev–Trinajstić information content (AvgIpc) is 2.80. The molecule has 8 heteroatoms. The summed E-state index contributed by atoms with van der Waals surface area (Å²) < 4.78 is 42.4. The van der Waals surface area contributed by atoms with Gasteiger partial charge in [0.1, 0.15) is 12.0 Å². The topological polar surface area (TPSA) is 81.2 Å². The van der Waals surface area contributed by atoms with E-state index < -0.39 is 23.3 Å². The van der Waals surface area contributed by atoms with Gasteiger partial charge < -0.3 is 15.6 Å². The highest BCUT2D eigenvalue weighted by atomic mass is 19.4. The molecule has 5 nitrogen and oxygen atoms in total. The van der Waals surface area contributed by atoms with Crippen molar-refractivity contribution in [2.24, 2.45) is 0 Å². The van der Waals surface area contributed by atoms with Gasteiger partial charge in [0.05, 0.1) is 11.8 Å². The predicted octanol–water partition coefficient (Wildman–Crippen LogP) is 2.53. The van der Waals surface area contributed by atoms with Crippen molar-refractivity contribution in [3.05, 3.63) is 41.8 Å². The lowest BCUT2D eigenvalue weighted by Gasteiger charge is -2.11. The van der Waals surface area contributed by atoms with E-state index in [0.717, 1.165) is 12.3 Å². The largest absolute Gasteiger partial charge is 0.418 e. The number of carbonyl (C=O) groups excluding carboxylic acids is 1. The molecule has 0 aliphatic carbocycles. The summed E-state index contributed by atoms with van der Waals surface area (Å²) in [5.41, 5.74) is 3.83. The number of nitrogens with zero attached hydrogens (tertiary/aromatic N) is 1. The number of hydrogen-bond acceptors (Lipinski definition) is 4. The molecule has 1 aromatic heterocycles. The number of amides is 1. The van der Waals surface area contributed by atoms with Crippen LogP contribution >= 0.6 is 0 Å². The second-order valence-electron chi connectivity index (χ2n) is 3.67. The Morgan fingerprint density at radius 2 is 2.11 bits per heavy atom. The molecule has 1 heterocycles. The Hall–Kier alpha value is -2.51. The predicted molar refractivity (Wildman–Crippen MR) is 60.3 cm³/mol. The molecule has 0 aliphatic heterocycles. The Morgan fingerprint density at radius 1 is 1.37 bits per heavy atom. The highest BCUT2D eigenvalue weighted by Gasteiger charge is 2.33. The van der Waals surface area contributed by atoms with Crippen LogP contribution < -0.4 is 11.1 Å². The van der Waals surface area contributed by atoms with E-state index in [4.69, 9.17) is 5.73 Å². The first-order valence-corrected chi connectivity index (χ1v) is 5.05. The molecule has 19 heavy (non-hydrogen) atoms. The van der Waals surface area contributed by atoms with Crippen LogP contribution in [0.4, 0.5) is 24.5 Å². The molecule has 0 aliphatic rings. The van der Waals surface area contributed by atoms with Crippen LogP contribution in [-0.2, 0) is 6.18 Å². The molecule has 0 unspecified atom stereocenters. The van der Waals surface area contributed by atoms with Gasteiger partial charge in [0.15, 0.2) is 0 Å². The fourth-order valence-electron chi connectivity index (χ4n) is 1.41. The number of halogens is 3. The minimum absolute atomic E-state index is 0.164. The summed E-state index contributed by atoms with van der Waals surface area (Å²) in [6, 6.07) is 2.93. The summed E-state index contributed by atoms with van der Waals surface area (Å²) in [6.07, 6.45) is -2.24. The van der Waals surface area contributed by atoms with E-state index in [0.29, 0.717) is 6.07 Å². The Morgan fingerprint density at radius 3 is 2.68 bits per heavy atom. The van der Waals surface area contributed by atoms with Crippen molar-refractivity contribution in [2.75, 3.05) is 11.1 Å². The SMILES string of the molecule is Nc1ccc(C(=O)Nc2cnoc2)cc1C(F)(F)F. The quantitative estimate of drug-likeness (QED) is 0.822. The monoisotopic (exact) mass is 271 g/mol. The number of alkyl halides is 3. The first-order chi connectivity index (χ1) is 8.88. The molecule has 100 valence electrons. The molecule has 2 rings (SSSR count). The van der Waals surface area contributed by atoms with Crippen LogP contribution in [0, 0.1) is 0 Å². The normalized spacial score (nSPS) is 11.3. The Labute approximate surface area is 105 Å². The van der Waals surface area contributed by atoms with E-state index in [1.54, 1.807) is 0 Å². The maximum absolute atomic E-state index is 12.6. The zero-order chi connectivity index (χ0) is 14.0. The van der Waals surface area contributed by atoms with Crippen LogP contribution in [0.2, 0.25) is 0 Å². The Balaban J connectivity index is 2.28. The van der Waals surface area contributed by atoms with E-state index in [9.17, 15) is 18.0 Å². The van der Waals surface area contributed by atoms with Crippen LogP contribution in [0.1, 0.15) is 15.9 Å². The number of benzene rings is 1. The Kier molecular flexibility index (Phi) is 3.16. The summed E-state index contributed by atoms with van der Waals surface area (Å²) in [6.45, 7) is 0. The molecular formula is C11H8F3N3O2. The molecular weight excluding hydrogens is 263 g/mol. The summed E-state index contributed by atoms with van der Waals surface area (Å²) >= 11 is 0. The van der Waals surface area contributed by atoms with E-state index in [1.165, 1.54) is 12.3 Å². The third-order valence-electron chi connectivity index (χ3n) is 2.31. The Bertz CT molecular complexity index is 594. The minimum atomic E-state index is -4.61. The van der Waals surface area contributed by atoms with E-state index in [2.05, 4.69) is 15.0 Å². The highest BCUT2D eigenvalue weighted by molar-refractivity contribution is 6.04. The van der Waals surface area contributed by atoms with Gasteiger partial charge in [-0.05, 0) is 18.2 Å². The molecule has 2 aromatic rings. The van der Waals surface area contributed by atoms with E-state index >= 15 is 0 Å². The summed E-state index contributed by atoms with van der Waals surface area (Å²) in [5, 5.41) is 5.68. The standard InChI is InChI=1S/C11H8F3N3O2/c12-11(13,14)8-3-6(1-2-9(8)15)10(18)17-7-4-16-19-5-7/h1-5H,15H2,(H,17,18). The molecule has 0 saturated heterocycles. The third kappa shape index (κ3) is 2.84. The first kappa shape index (κ1) is 12.9. The lowest BCUT2D eigenvalue weighted by molar-refractivity contribution is -0.136. The molecule has 1 amide bonds. The van der Waals surface area contributed by atoms with Gasteiger partial charge in [-0.1, -0.05) is 5.16 Å². The second kappa shape index (κ2) is 4.63. The molecule has 0 spiro atoms. The van der Waals surface area contributed by atoms with E-state index in [-0.39, 0.29) is 11.3 Å². The molecule has 0 bridgehead atoms.